The van der Waals surface area contributed by atoms with Crippen LogP contribution >= 0.6 is 11.6 Å². The van der Waals surface area contributed by atoms with Gasteiger partial charge in [0.15, 0.2) is 11.6 Å². The summed E-state index contributed by atoms with van der Waals surface area (Å²) in [6, 6.07) is 13.9. The van der Waals surface area contributed by atoms with E-state index in [1.54, 1.807) is 42.5 Å². The highest BCUT2D eigenvalue weighted by Gasteiger charge is 2.13. The number of aromatic nitrogens is 4. The normalized spacial score (nSPS) is 11.1. The van der Waals surface area contributed by atoms with Gasteiger partial charge in [-0.3, -0.25) is 5.43 Å². The summed E-state index contributed by atoms with van der Waals surface area (Å²) in [6.07, 6.45) is 1.46. The molecule has 4 rings (SSSR count). The summed E-state index contributed by atoms with van der Waals surface area (Å²) in [4.78, 5) is 8.63. The van der Waals surface area contributed by atoms with Crippen LogP contribution in [0.5, 0.6) is 5.75 Å². The van der Waals surface area contributed by atoms with E-state index in [1.165, 1.54) is 6.21 Å². The topological polar surface area (TPSA) is 121 Å². The van der Waals surface area contributed by atoms with Crippen molar-refractivity contribution in [2.45, 2.75) is 0 Å². The second-order valence-corrected chi connectivity index (χ2v) is 5.83. The van der Waals surface area contributed by atoms with Gasteiger partial charge in [0.25, 0.3) is 0 Å². The molecule has 0 radical (unpaired) electrons. The van der Waals surface area contributed by atoms with Crippen molar-refractivity contribution in [2.75, 3.05) is 10.7 Å². The molecule has 134 valence electrons. The first-order chi connectivity index (χ1) is 13.2. The fourth-order valence-electron chi connectivity index (χ4n) is 2.27. The molecular weight excluding hydrogens is 370 g/mol. The van der Waals surface area contributed by atoms with Crippen molar-refractivity contribution in [2.24, 2.45) is 5.10 Å². The van der Waals surface area contributed by atoms with E-state index < -0.39 is 0 Å². The number of anilines is 3. The summed E-state index contributed by atoms with van der Waals surface area (Å²) in [5.41, 5.74) is 4.52. The van der Waals surface area contributed by atoms with Gasteiger partial charge in [-0.15, -0.1) is 0 Å². The van der Waals surface area contributed by atoms with E-state index in [1.807, 2.05) is 6.07 Å². The molecule has 0 saturated heterocycles. The molecule has 0 fully saturated rings. The average Bonchev–Trinajstić information content (AvgIpc) is 3.10. The Morgan fingerprint density at radius 2 is 1.78 bits per heavy atom. The Hall–Kier alpha value is -3.72. The van der Waals surface area contributed by atoms with Crippen molar-refractivity contribution in [3.8, 4) is 5.75 Å². The van der Waals surface area contributed by atoms with Crippen molar-refractivity contribution in [3.63, 3.8) is 0 Å². The number of phenols is 1. The fourth-order valence-corrected chi connectivity index (χ4v) is 2.46. The van der Waals surface area contributed by atoms with Crippen molar-refractivity contribution in [1.29, 1.82) is 0 Å². The van der Waals surface area contributed by atoms with Crippen molar-refractivity contribution in [3.05, 3.63) is 59.1 Å². The molecule has 0 unspecified atom stereocenters. The minimum Gasteiger partial charge on any atom is -0.507 e. The number of para-hydroxylation sites is 1. The van der Waals surface area contributed by atoms with E-state index in [9.17, 15) is 5.11 Å². The number of hydrazone groups is 1. The number of aromatic hydroxyl groups is 1. The zero-order chi connectivity index (χ0) is 18.6. The first-order valence-electron chi connectivity index (χ1n) is 7.79. The minimum absolute atomic E-state index is 0.113. The molecule has 0 bridgehead atoms. The van der Waals surface area contributed by atoms with E-state index >= 15 is 0 Å². The molecule has 0 aliphatic carbocycles. The lowest BCUT2D eigenvalue weighted by molar-refractivity contribution is 0.314. The number of nitrogens with one attached hydrogen (secondary N) is 2. The molecule has 0 spiro atoms. The molecule has 10 heteroatoms. The lowest BCUT2D eigenvalue weighted by atomic mass is 10.2. The maximum Gasteiger partial charge on any atom is 0.245 e. The number of phenolic OH excluding ortho intramolecular Hbond substituents is 1. The van der Waals surface area contributed by atoms with Gasteiger partial charge in [0.05, 0.1) is 6.21 Å². The number of halogens is 1. The Bertz CT molecular complexity index is 1130. The molecule has 27 heavy (non-hydrogen) atoms. The third-order valence-corrected chi connectivity index (χ3v) is 3.75. The zero-order valence-corrected chi connectivity index (χ0v) is 14.4. The lowest BCUT2D eigenvalue weighted by Crippen LogP contribution is -2.03. The Morgan fingerprint density at radius 3 is 2.56 bits per heavy atom. The van der Waals surface area contributed by atoms with Crippen molar-refractivity contribution in [1.82, 2.24) is 20.3 Å². The number of fused-ring (bicyclic) bond motifs is 1. The van der Waals surface area contributed by atoms with Gasteiger partial charge >= 0.3 is 0 Å². The molecular formula is C17H12ClN7O2. The highest BCUT2D eigenvalue weighted by molar-refractivity contribution is 6.30. The summed E-state index contributed by atoms with van der Waals surface area (Å²) in [5.74, 6) is 0.766. The molecule has 2 aromatic heterocycles. The van der Waals surface area contributed by atoms with Gasteiger partial charge in [0.2, 0.25) is 11.3 Å². The van der Waals surface area contributed by atoms with E-state index in [0.717, 1.165) is 0 Å². The second kappa shape index (κ2) is 7.26. The SMILES string of the molecule is Oc1ccccc1C=NNc1nc2nonc2nc1Nc1cccc(Cl)c1. The average molecular weight is 382 g/mol. The van der Waals surface area contributed by atoms with Crippen LogP contribution in [-0.2, 0) is 0 Å². The number of hydrogen-bond donors (Lipinski definition) is 3. The van der Waals surface area contributed by atoms with Gasteiger partial charge in [-0.05, 0) is 40.6 Å². The predicted molar refractivity (Wildman–Crippen MR) is 101 cm³/mol. The highest BCUT2D eigenvalue weighted by atomic mass is 35.5. The summed E-state index contributed by atoms with van der Waals surface area (Å²) in [7, 11) is 0. The Balaban J connectivity index is 1.65. The van der Waals surface area contributed by atoms with Gasteiger partial charge in [-0.2, -0.15) is 10.1 Å². The maximum absolute atomic E-state index is 9.79. The molecule has 0 aliphatic rings. The molecule has 3 N–H and O–H groups in total. The molecule has 0 amide bonds. The van der Waals surface area contributed by atoms with E-state index in [2.05, 4.69) is 40.8 Å². The quantitative estimate of drug-likeness (QED) is 0.354. The third kappa shape index (κ3) is 3.77. The molecule has 2 aromatic carbocycles. The first-order valence-corrected chi connectivity index (χ1v) is 8.17. The molecule has 2 heterocycles. The fraction of sp³-hybridized carbons (Fsp3) is 0. The van der Waals surface area contributed by atoms with Crippen LogP contribution in [0.4, 0.5) is 17.3 Å². The number of benzene rings is 2. The molecule has 0 saturated carbocycles. The van der Waals surface area contributed by atoms with Crippen LogP contribution in [0.15, 0.2) is 58.3 Å². The van der Waals surface area contributed by atoms with Crippen LogP contribution < -0.4 is 10.7 Å². The van der Waals surface area contributed by atoms with Crippen LogP contribution in [0.1, 0.15) is 5.56 Å². The van der Waals surface area contributed by atoms with E-state index in [4.69, 9.17) is 11.6 Å². The Kier molecular flexibility index (Phi) is 4.50. The van der Waals surface area contributed by atoms with Crippen LogP contribution in [0.2, 0.25) is 5.02 Å². The van der Waals surface area contributed by atoms with Gasteiger partial charge < -0.3 is 10.4 Å². The molecule has 0 aliphatic heterocycles. The predicted octanol–water partition coefficient (Wildman–Crippen LogP) is 3.56. The highest BCUT2D eigenvalue weighted by Crippen LogP contribution is 2.25. The second-order valence-electron chi connectivity index (χ2n) is 5.40. The van der Waals surface area contributed by atoms with Crippen LogP contribution in [0.25, 0.3) is 11.3 Å². The molecule has 9 nitrogen and oxygen atoms in total. The van der Waals surface area contributed by atoms with Gasteiger partial charge in [-0.25, -0.2) is 9.61 Å². The third-order valence-electron chi connectivity index (χ3n) is 3.51. The molecule has 4 aromatic rings. The van der Waals surface area contributed by atoms with Crippen LogP contribution in [0.3, 0.4) is 0 Å². The van der Waals surface area contributed by atoms with Gasteiger partial charge in [0, 0.05) is 16.3 Å². The lowest BCUT2D eigenvalue weighted by Gasteiger charge is -2.09. The largest absolute Gasteiger partial charge is 0.507 e. The standard InChI is InChI=1S/C17H12ClN7O2/c18-11-5-3-6-12(8-11)20-14-15(22-17-16(21-14)24-27-25-17)23-19-9-10-4-1-2-7-13(10)26/h1-9,26H,(H,20,21,24)(H,22,23,25). The number of rotatable bonds is 5. The van der Waals surface area contributed by atoms with Crippen LogP contribution in [0, 0.1) is 0 Å². The summed E-state index contributed by atoms with van der Waals surface area (Å²) < 4.78 is 4.66. The number of hydrogen-bond acceptors (Lipinski definition) is 9. The smallest absolute Gasteiger partial charge is 0.245 e. The summed E-state index contributed by atoms with van der Waals surface area (Å²) in [5, 5.41) is 24.9. The Morgan fingerprint density at radius 1 is 1.00 bits per heavy atom. The van der Waals surface area contributed by atoms with Crippen molar-refractivity contribution >= 4 is 46.4 Å². The minimum atomic E-state index is 0.113. The summed E-state index contributed by atoms with van der Waals surface area (Å²) >= 11 is 6.02. The number of nitrogens with zero attached hydrogens (tertiary/aromatic N) is 5. The van der Waals surface area contributed by atoms with E-state index in [-0.39, 0.29) is 17.0 Å². The van der Waals surface area contributed by atoms with E-state index in [0.29, 0.717) is 27.9 Å². The molecule has 0 atom stereocenters. The van der Waals surface area contributed by atoms with Gasteiger partial charge in [-0.1, -0.05) is 29.8 Å². The monoisotopic (exact) mass is 381 g/mol. The summed E-state index contributed by atoms with van der Waals surface area (Å²) in [6.45, 7) is 0. The maximum atomic E-state index is 9.79. The van der Waals surface area contributed by atoms with Crippen molar-refractivity contribution < 1.29 is 9.74 Å². The van der Waals surface area contributed by atoms with Crippen LogP contribution in [-0.4, -0.2) is 31.6 Å². The first kappa shape index (κ1) is 16.7. The zero-order valence-electron chi connectivity index (χ0n) is 13.7. The Labute approximate surface area is 157 Å². The van der Waals surface area contributed by atoms with Gasteiger partial charge in [0.1, 0.15) is 5.75 Å².